The average molecular weight is 185 g/mol. The van der Waals surface area contributed by atoms with Gasteiger partial charge in [-0.25, -0.2) is 5.01 Å². The van der Waals surface area contributed by atoms with Crippen LogP contribution in [0.25, 0.3) is 0 Å². The molecule has 1 amide bonds. The van der Waals surface area contributed by atoms with E-state index in [0.29, 0.717) is 13.2 Å². The van der Waals surface area contributed by atoms with Gasteiger partial charge in [0.2, 0.25) is 0 Å². The van der Waals surface area contributed by atoms with Crippen LogP contribution in [-0.2, 0) is 9.63 Å². The van der Waals surface area contributed by atoms with Crippen LogP contribution in [0.1, 0.15) is 38.5 Å². The summed E-state index contributed by atoms with van der Waals surface area (Å²) in [4.78, 5) is 15.4. The molecule has 0 aromatic heterocycles. The zero-order valence-electron chi connectivity index (χ0n) is 7.92. The topological polar surface area (TPSA) is 41.6 Å². The lowest BCUT2D eigenvalue weighted by molar-refractivity contribution is -0.0507. The minimum absolute atomic E-state index is 0.665. The Kier molecular flexibility index (Phi) is 5.52. The van der Waals surface area contributed by atoms with Gasteiger partial charge >= 0.3 is 6.41 Å². The van der Waals surface area contributed by atoms with Crippen LogP contribution in [-0.4, -0.2) is 24.6 Å². The largest absolute Gasteiger partial charge is 0.329 e. The van der Waals surface area contributed by atoms with E-state index in [-0.39, 0.29) is 0 Å². The zero-order chi connectivity index (χ0) is 9.36. The van der Waals surface area contributed by atoms with E-state index < -0.39 is 0 Å². The Morgan fingerprint density at radius 1 is 1.08 bits per heavy atom. The summed E-state index contributed by atoms with van der Waals surface area (Å²) in [5, 5.41) is 1.34. The van der Waals surface area contributed by atoms with Crippen LogP contribution < -0.4 is 5.59 Å². The standard InChI is InChI=1S/C9H17N2O2/c12-9-11-7-5-3-1-2-4-6-8-13-10-11/h10H,1-8H2. The van der Waals surface area contributed by atoms with E-state index in [2.05, 4.69) is 5.59 Å². The molecule has 1 radical (unpaired) electrons. The number of hydrazine groups is 1. The van der Waals surface area contributed by atoms with E-state index in [1.165, 1.54) is 30.7 Å². The van der Waals surface area contributed by atoms with Gasteiger partial charge < -0.3 is 0 Å². The van der Waals surface area contributed by atoms with E-state index in [1.54, 1.807) is 6.41 Å². The number of nitrogens with one attached hydrogen (secondary N) is 1. The third-order valence-corrected chi connectivity index (χ3v) is 2.16. The molecule has 1 rings (SSSR count). The second kappa shape index (κ2) is 6.86. The highest BCUT2D eigenvalue weighted by atomic mass is 16.7. The summed E-state index contributed by atoms with van der Waals surface area (Å²) in [6.45, 7) is 1.35. The van der Waals surface area contributed by atoms with Crippen molar-refractivity contribution in [3.05, 3.63) is 0 Å². The first kappa shape index (κ1) is 10.5. The van der Waals surface area contributed by atoms with Crippen molar-refractivity contribution in [2.45, 2.75) is 38.5 Å². The summed E-state index contributed by atoms with van der Waals surface area (Å²) in [6.07, 6.45) is 8.79. The van der Waals surface area contributed by atoms with Gasteiger partial charge in [-0.2, -0.15) is 0 Å². The molecule has 4 heteroatoms. The Morgan fingerprint density at radius 2 is 1.77 bits per heavy atom. The maximum atomic E-state index is 10.4. The lowest BCUT2D eigenvalue weighted by Gasteiger charge is -2.15. The molecule has 1 heterocycles. The first-order chi connectivity index (χ1) is 6.43. The van der Waals surface area contributed by atoms with Crippen LogP contribution >= 0.6 is 0 Å². The van der Waals surface area contributed by atoms with Crippen LogP contribution in [0.15, 0.2) is 0 Å². The molecular weight excluding hydrogens is 168 g/mol. The van der Waals surface area contributed by atoms with Crippen molar-refractivity contribution < 1.29 is 9.63 Å². The van der Waals surface area contributed by atoms with E-state index in [0.717, 1.165) is 12.8 Å². The lowest BCUT2D eigenvalue weighted by Crippen LogP contribution is -2.37. The number of hydrogen-bond acceptors (Lipinski definition) is 3. The van der Waals surface area contributed by atoms with Crippen LogP contribution in [0.2, 0.25) is 0 Å². The monoisotopic (exact) mass is 185 g/mol. The Morgan fingerprint density at radius 3 is 2.54 bits per heavy atom. The summed E-state index contributed by atoms with van der Waals surface area (Å²) in [6, 6.07) is 0. The number of hydrogen-bond donors (Lipinski definition) is 1. The van der Waals surface area contributed by atoms with Crippen molar-refractivity contribution in [1.82, 2.24) is 10.6 Å². The summed E-state index contributed by atoms with van der Waals surface area (Å²) in [5.74, 6) is 0. The fraction of sp³-hybridized carbons (Fsp3) is 0.889. The maximum absolute atomic E-state index is 10.4. The molecule has 13 heavy (non-hydrogen) atoms. The van der Waals surface area contributed by atoms with Gasteiger partial charge in [-0.3, -0.25) is 9.63 Å². The molecule has 1 aliphatic heterocycles. The summed E-state index contributed by atoms with van der Waals surface area (Å²) in [5.41, 5.74) is 2.58. The molecule has 1 N–H and O–H groups in total. The predicted octanol–water partition coefficient (Wildman–Crippen LogP) is 1.15. The SMILES string of the molecule is O=[C]N1CCCCCCCCON1. The molecule has 1 saturated heterocycles. The van der Waals surface area contributed by atoms with Gasteiger partial charge in [0.05, 0.1) is 6.61 Å². The number of rotatable bonds is 1. The summed E-state index contributed by atoms with van der Waals surface area (Å²) < 4.78 is 0. The maximum Gasteiger partial charge on any atom is 0.329 e. The summed E-state index contributed by atoms with van der Waals surface area (Å²) in [7, 11) is 0. The Labute approximate surface area is 79.2 Å². The van der Waals surface area contributed by atoms with Crippen molar-refractivity contribution >= 4 is 6.41 Å². The van der Waals surface area contributed by atoms with Crippen LogP contribution in [0.4, 0.5) is 0 Å². The second-order valence-corrected chi connectivity index (χ2v) is 3.30. The third-order valence-electron chi connectivity index (χ3n) is 2.16. The highest BCUT2D eigenvalue weighted by molar-refractivity contribution is 5.46. The molecule has 0 unspecified atom stereocenters. The van der Waals surface area contributed by atoms with Gasteiger partial charge in [0.15, 0.2) is 0 Å². The molecule has 75 valence electrons. The first-order valence-corrected chi connectivity index (χ1v) is 4.96. The molecule has 0 saturated carbocycles. The van der Waals surface area contributed by atoms with Crippen molar-refractivity contribution in [2.24, 2.45) is 0 Å². The average Bonchev–Trinajstić information content (AvgIpc) is 2.22. The molecule has 0 atom stereocenters. The molecule has 0 aromatic rings. The number of nitrogens with zero attached hydrogens (tertiary/aromatic N) is 1. The molecule has 0 aromatic carbocycles. The van der Waals surface area contributed by atoms with Gasteiger partial charge in [0, 0.05) is 6.54 Å². The van der Waals surface area contributed by atoms with Crippen molar-refractivity contribution in [1.29, 1.82) is 0 Å². The zero-order valence-corrected chi connectivity index (χ0v) is 7.92. The minimum Gasteiger partial charge on any atom is -0.282 e. The van der Waals surface area contributed by atoms with Crippen LogP contribution in [0.5, 0.6) is 0 Å². The van der Waals surface area contributed by atoms with E-state index in [1.807, 2.05) is 0 Å². The van der Waals surface area contributed by atoms with Gasteiger partial charge in [-0.05, 0) is 12.8 Å². The van der Waals surface area contributed by atoms with Gasteiger partial charge in [0.25, 0.3) is 0 Å². The molecule has 1 aliphatic rings. The van der Waals surface area contributed by atoms with Gasteiger partial charge in [0.1, 0.15) is 0 Å². The van der Waals surface area contributed by atoms with E-state index in [4.69, 9.17) is 4.84 Å². The molecule has 1 fully saturated rings. The Hall–Kier alpha value is -0.610. The lowest BCUT2D eigenvalue weighted by atomic mass is 10.1. The van der Waals surface area contributed by atoms with Gasteiger partial charge in [-0.1, -0.05) is 25.7 Å². The molecular formula is C9H17N2O2. The molecule has 0 spiro atoms. The molecule has 0 bridgehead atoms. The van der Waals surface area contributed by atoms with Crippen LogP contribution in [0.3, 0.4) is 0 Å². The predicted molar refractivity (Wildman–Crippen MR) is 49.2 cm³/mol. The highest BCUT2D eigenvalue weighted by Crippen LogP contribution is 2.06. The Balaban J connectivity index is 2.22. The highest BCUT2D eigenvalue weighted by Gasteiger charge is 2.03. The quantitative estimate of drug-likeness (QED) is 0.666. The molecule has 0 aliphatic carbocycles. The minimum atomic E-state index is 0.665. The fourth-order valence-electron chi connectivity index (χ4n) is 1.38. The molecule has 4 nitrogen and oxygen atoms in total. The normalized spacial score (nSPS) is 22.0. The smallest absolute Gasteiger partial charge is 0.282 e. The second-order valence-electron chi connectivity index (χ2n) is 3.30. The van der Waals surface area contributed by atoms with Crippen molar-refractivity contribution in [3.8, 4) is 0 Å². The summed E-state index contributed by atoms with van der Waals surface area (Å²) >= 11 is 0. The number of carbonyl (C=O) groups excluding carboxylic acids is 1. The third kappa shape index (κ3) is 4.85. The van der Waals surface area contributed by atoms with Crippen LogP contribution in [0, 0.1) is 0 Å². The van der Waals surface area contributed by atoms with Crippen molar-refractivity contribution in [3.63, 3.8) is 0 Å². The van der Waals surface area contributed by atoms with Gasteiger partial charge in [-0.15, -0.1) is 5.59 Å². The van der Waals surface area contributed by atoms with E-state index in [9.17, 15) is 4.79 Å². The Bertz CT molecular complexity index is 130. The van der Waals surface area contributed by atoms with Crippen molar-refractivity contribution in [2.75, 3.05) is 13.2 Å². The number of amides is 1. The van der Waals surface area contributed by atoms with E-state index >= 15 is 0 Å². The fourth-order valence-corrected chi connectivity index (χ4v) is 1.38. The first-order valence-electron chi connectivity index (χ1n) is 4.96.